The zero-order valence-corrected chi connectivity index (χ0v) is 12.8. The van der Waals surface area contributed by atoms with Crippen LogP contribution in [0.4, 0.5) is 0 Å². The molecule has 20 heavy (non-hydrogen) atoms. The van der Waals surface area contributed by atoms with E-state index in [0.717, 1.165) is 19.5 Å². The number of rotatable bonds is 4. The monoisotopic (exact) mass is 293 g/mol. The first kappa shape index (κ1) is 13.7. The second-order valence-corrected chi connectivity index (χ2v) is 6.60. The smallest absolute Gasteiger partial charge is 0.244 e. The van der Waals surface area contributed by atoms with Crippen LogP contribution in [-0.2, 0) is 11.3 Å². The summed E-state index contributed by atoms with van der Waals surface area (Å²) in [7, 11) is 1.76. The summed E-state index contributed by atoms with van der Waals surface area (Å²) in [5.41, 5.74) is 0. The van der Waals surface area contributed by atoms with E-state index in [4.69, 9.17) is 9.26 Å². The molecule has 5 nitrogen and oxygen atoms in total. The molecule has 1 fully saturated rings. The van der Waals surface area contributed by atoms with Gasteiger partial charge in [0.2, 0.25) is 5.89 Å². The van der Waals surface area contributed by atoms with Gasteiger partial charge in [0.1, 0.15) is 0 Å². The Kier molecular flexibility index (Phi) is 3.87. The predicted molar refractivity (Wildman–Crippen MR) is 76.7 cm³/mol. The maximum Gasteiger partial charge on any atom is 0.244 e. The highest BCUT2D eigenvalue weighted by atomic mass is 32.1. The fourth-order valence-corrected chi connectivity index (χ4v) is 3.60. The van der Waals surface area contributed by atoms with Gasteiger partial charge in [0.25, 0.3) is 0 Å². The van der Waals surface area contributed by atoms with Gasteiger partial charge in [0.15, 0.2) is 5.82 Å². The van der Waals surface area contributed by atoms with Gasteiger partial charge >= 0.3 is 0 Å². The van der Waals surface area contributed by atoms with E-state index < -0.39 is 0 Å². The number of aromatic nitrogens is 2. The second-order valence-electron chi connectivity index (χ2n) is 5.23. The number of hydrogen-bond acceptors (Lipinski definition) is 6. The number of ether oxygens (including phenoxy) is 1. The SMILES string of the molecule is CO[C@@H]1C[C@H](c2nc(C)no2)N(Cc2ccc(C)s2)C1. The van der Waals surface area contributed by atoms with Crippen molar-refractivity contribution >= 4 is 11.3 Å². The van der Waals surface area contributed by atoms with Crippen LogP contribution in [0.25, 0.3) is 0 Å². The average Bonchev–Trinajstić information content (AvgIpc) is 3.11. The largest absolute Gasteiger partial charge is 0.380 e. The lowest BCUT2D eigenvalue weighted by molar-refractivity contribution is 0.107. The van der Waals surface area contributed by atoms with Gasteiger partial charge in [-0.2, -0.15) is 4.98 Å². The molecule has 0 spiro atoms. The predicted octanol–water partition coefficient (Wildman–Crippen LogP) is 2.71. The Balaban J connectivity index is 1.79. The summed E-state index contributed by atoms with van der Waals surface area (Å²) in [6.45, 7) is 5.79. The van der Waals surface area contributed by atoms with Crippen molar-refractivity contribution in [3.05, 3.63) is 33.6 Å². The molecular weight excluding hydrogens is 274 g/mol. The van der Waals surface area contributed by atoms with Crippen molar-refractivity contribution in [1.29, 1.82) is 0 Å². The Morgan fingerprint density at radius 3 is 2.90 bits per heavy atom. The Bertz CT molecular complexity index is 580. The summed E-state index contributed by atoms with van der Waals surface area (Å²) in [6.07, 6.45) is 1.14. The molecule has 6 heteroatoms. The van der Waals surface area contributed by atoms with E-state index in [2.05, 4.69) is 34.1 Å². The number of aryl methyl sites for hydroxylation is 2. The molecular formula is C14H19N3O2S. The average molecular weight is 293 g/mol. The molecule has 0 aliphatic carbocycles. The fraction of sp³-hybridized carbons (Fsp3) is 0.571. The highest BCUT2D eigenvalue weighted by Crippen LogP contribution is 2.34. The molecule has 1 aliphatic rings. The van der Waals surface area contributed by atoms with Crippen LogP contribution >= 0.6 is 11.3 Å². The molecule has 2 atom stereocenters. The minimum atomic E-state index is 0.156. The van der Waals surface area contributed by atoms with Crippen molar-refractivity contribution in [2.24, 2.45) is 0 Å². The van der Waals surface area contributed by atoms with E-state index in [0.29, 0.717) is 11.7 Å². The van der Waals surface area contributed by atoms with E-state index in [1.165, 1.54) is 9.75 Å². The first-order chi connectivity index (χ1) is 9.65. The quantitative estimate of drug-likeness (QED) is 0.867. The van der Waals surface area contributed by atoms with Gasteiger partial charge in [-0.25, -0.2) is 0 Å². The number of thiophene rings is 1. The first-order valence-corrected chi connectivity index (χ1v) is 7.59. The molecule has 0 unspecified atom stereocenters. The number of likely N-dealkylation sites (tertiary alicyclic amines) is 1. The van der Waals surface area contributed by atoms with E-state index in [9.17, 15) is 0 Å². The van der Waals surface area contributed by atoms with Gasteiger partial charge in [0, 0.05) is 30.0 Å². The van der Waals surface area contributed by atoms with Crippen LogP contribution < -0.4 is 0 Å². The van der Waals surface area contributed by atoms with Crippen LogP contribution in [0.1, 0.15) is 33.9 Å². The summed E-state index contributed by atoms with van der Waals surface area (Å²) in [5, 5.41) is 3.91. The summed E-state index contributed by atoms with van der Waals surface area (Å²) >= 11 is 1.84. The third-order valence-electron chi connectivity index (χ3n) is 3.68. The van der Waals surface area contributed by atoms with Gasteiger partial charge in [-0.1, -0.05) is 5.16 Å². The molecule has 0 aromatic carbocycles. The van der Waals surface area contributed by atoms with Crippen LogP contribution in [0.5, 0.6) is 0 Å². The molecule has 1 saturated heterocycles. The zero-order chi connectivity index (χ0) is 14.1. The molecule has 0 amide bonds. The van der Waals surface area contributed by atoms with Crippen molar-refractivity contribution in [2.45, 2.75) is 39.0 Å². The first-order valence-electron chi connectivity index (χ1n) is 6.78. The van der Waals surface area contributed by atoms with Gasteiger partial charge in [-0.05, 0) is 32.4 Å². The Morgan fingerprint density at radius 1 is 1.45 bits per heavy atom. The standard InChI is InChI=1S/C14H19N3O2S/c1-9-4-5-12(20-9)8-17-7-11(18-3)6-13(17)14-15-10(2)16-19-14/h4-5,11,13H,6-8H2,1-3H3/t11-,13-/m1/s1. The lowest BCUT2D eigenvalue weighted by Gasteiger charge is -2.20. The van der Waals surface area contributed by atoms with Crippen molar-refractivity contribution in [3.8, 4) is 0 Å². The molecule has 1 aliphatic heterocycles. The molecule has 0 N–H and O–H groups in total. The topological polar surface area (TPSA) is 51.4 Å². The third-order valence-corrected chi connectivity index (χ3v) is 4.67. The van der Waals surface area contributed by atoms with Crippen molar-refractivity contribution in [3.63, 3.8) is 0 Å². The van der Waals surface area contributed by atoms with Gasteiger partial charge < -0.3 is 9.26 Å². The highest BCUT2D eigenvalue weighted by Gasteiger charge is 2.36. The maximum atomic E-state index is 5.51. The van der Waals surface area contributed by atoms with E-state index in [1.807, 2.05) is 18.3 Å². The molecule has 108 valence electrons. The van der Waals surface area contributed by atoms with Crippen LogP contribution in [0.3, 0.4) is 0 Å². The molecule has 0 bridgehead atoms. The minimum absolute atomic E-state index is 0.156. The number of hydrogen-bond donors (Lipinski definition) is 0. The van der Waals surface area contributed by atoms with E-state index in [1.54, 1.807) is 7.11 Å². The number of methoxy groups -OCH3 is 1. The summed E-state index contributed by atoms with van der Waals surface area (Å²) in [4.78, 5) is 9.46. The van der Waals surface area contributed by atoms with Crippen LogP contribution in [0, 0.1) is 13.8 Å². The summed E-state index contributed by atoms with van der Waals surface area (Å²) < 4.78 is 10.9. The highest BCUT2D eigenvalue weighted by molar-refractivity contribution is 7.11. The Morgan fingerprint density at radius 2 is 2.30 bits per heavy atom. The van der Waals surface area contributed by atoms with Crippen molar-refractivity contribution < 1.29 is 9.26 Å². The Hall–Kier alpha value is -1.24. The molecule has 3 rings (SSSR count). The van der Waals surface area contributed by atoms with E-state index in [-0.39, 0.29) is 12.1 Å². The normalized spacial score (nSPS) is 23.6. The lowest BCUT2D eigenvalue weighted by atomic mass is 10.2. The van der Waals surface area contributed by atoms with Gasteiger partial charge in [0.05, 0.1) is 12.1 Å². The molecule has 2 aromatic heterocycles. The third kappa shape index (κ3) is 2.77. The van der Waals surface area contributed by atoms with Gasteiger partial charge in [-0.3, -0.25) is 4.90 Å². The van der Waals surface area contributed by atoms with Crippen LogP contribution in [-0.4, -0.2) is 34.8 Å². The zero-order valence-electron chi connectivity index (χ0n) is 12.0. The van der Waals surface area contributed by atoms with Crippen LogP contribution in [0.2, 0.25) is 0 Å². The summed E-state index contributed by atoms with van der Waals surface area (Å²) in [6, 6.07) is 4.51. The minimum Gasteiger partial charge on any atom is -0.380 e. The van der Waals surface area contributed by atoms with Crippen LogP contribution in [0.15, 0.2) is 16.7 Å². The van der Waals surface area contributed by atoms with E-state index >= 15 is 0 Å². The Labute approximate surface area is 122 Å². The molecule has 2 aromatic rings. The molecule has 0 saturated carbocycles. The number of nitrogens with zero attached hydrogens (tertiary/aromatic N) is 3. The molecule has 3 heterocycles. The second kappa shape index (κ2) is 5.63. The van der Waals surface area contributed by atoms with Crippen molar-refractivity contribution in [2.75, 3.05) is 13.7 Å². The maximum absolute atomic E-state index is 5.51. The van der Waals surface area contributed by atoms with Gasteiger partial charge in [-0.15, -0.1) is 11.3 Å². The lowest BCUT2D eigenvalue weighted by Crippen LogP contribution is -2.24. The fourth-order valence-electron chi connectivity index (χ4n) is 2.68. The summed E-state index contributed by atoms with van der Waals surface area (Å²) in [5.74, 6) is 1.39. The van der Waals surface area contributed by atoms with Crippen molar-refractivity contribution in [1.82, 2.24) is 15.0 Å². The molecule has 0 radical (unpaired) electrons.